The Balaban J connectivity index is 1.79. The highest BCUT2D eigenvalue weighted by molar-refractivity contribution is 5.84. The Morgan fingerprint density at radius 2 is 1.90 bits per heavy atom. The summed E-state index contributed by atoms with van der Waals surface area (Å²) in [5.41, 5.74) is 6.19. The van der Waals surface area contributed by atoms with Crippen molar-refractivity contribution in [1.82, 2.24) is 5.32 Å². The maximum Gasteiger partial charge on any atom is 0.237 e. The van der Waals surface area contributed by atoms with Crippen LogP contribution in [0, 0.1) is 0 Å². The van der Waals surface area contributed by atoms with E-state index in [9.17, 15) is 9.90 Å². The predicted molar refractivity (Wildman–Crippen MR) is 83.8 cm³/mol. The molecular formula is C17H26N2O2. The molecule has 1 aromatic rings. The number of amides is 1. The normalized spacial score (nSPS) is 19.1. The molecule has 0 aliphatic heterocycles. The molecule has 1 aliphatic rings. The topological polar surface area (TPSA) is 75.4 Å². The Hall–Kier alpha value is -1.39. The van der Waals surface area contributed by atoms with E-state index in [0.717, 1.165) is 38.5 Å². The van der Waals surface area contributed by atoms with Gasteiger partial charge in [0.05, 0.1) is 11.6 Å². The van der Waals surface area contributed by atoms with Crippen LogP contribution in [0.4, 0.5) is 0 Å². The highest BCUT2D eigenvalue weighted by Gasteiger charge is 2.37. The number of hydrogen-bond acceptors (Lipinski definition) is 3. The average Bonchev–Trinajstić information content (AvgIpc) is 2.52. The first kappa shape index (κ1) is 16.0. The molecule has 0 aromatic heterocycles. The molecule has 21 heavy (non-hydrogen) atoms. The second-order valence-corrected chi connectivity index (χ2v) is 6.07. The molecule has 0 radical (unpaired) electrons. The van der Waals surface area contributed by atoms with Crippen molar-refractivity contribution < 1.29 is 9.90 Å². The van der Waals surface area contributed by atoms with Gasteiger partial charge in [0, 0.05) is 6.54 Å². The number of benzene rings is 1. The summed E-state index contributed by atoms with van der Waals surface area (Å²) in [5, 5.41) is 13.4. The van der Waals surface area contributed by atoms with E-state index < -0.39 is 11.6 Å². The van der Waals surface area contributed by atoms with Gasteiger partial charge in [-0.05, 0) is 31.2 Å². The molecule has 116 valence electrons. The lowest BCUT2D eigenvalue weighted by Crippen LogP contribution is -2.58. The first-order valence-electron chi connectivity index (χ1n) is 7.89. The number of rotatable bonds is 7. The van der Waals surface area contributed by atoms with Gasteiger partial charge in [-0.15, -0.1) is 0 Å². The monoisotopic (exact) mass is 290 g/mol. The Bertz CT molecular complexity index is 441. The van der Waals surface area contributed by atoms with Crippen LogP contribution in [0.2, 0.25) is 0 Å². The minimum Gasteiger partial charge on any atom is -0.392 e. The third-order valence-electron chi connectivity index (χ3n) is 4.46. The summed E-state index contributed by atoms with van der Waals surface area (Å²) in [5.74, 6) is -0.280. The fourth-order valence-electron chi connectivity index (χ4n) is 3.06. The molecule has 0 heterocycles. The van der Waals surface area contributed by atoms with E-state index in [2.05, 4.69) is 17.4 Å². The van der Waals surface area contributed by atoms with Crippen LogP contribution in [0.3, 0.4) is 0 Å². The number of aliphatic hydroxyl groups excluding tert-OH is 1. The maximum absolute atomic E-state index is 11.7. The zero-order valence-electron chi connectivity index (χ0n) is 12.6. The van der Waals surface area contributed by atoms with Gasteiger partial charge in [-0.25, -0.2) is 0 Å². The molecule has 1 aliphatic carbocycles. The second kappa shape index (κ2) is 7.57. The predicted octanol–water partition coefficient (Wildman–Crippen LogP) is 1.76. The summed E-state index contributed by atoms with van der Waals surface area (Å²) in [6, 6.07) is 10.1. The van der Waals surface area contributed by atoms with Crippen LogP contribution in [0.25, 0.3) is 0 Å². The van der Waals surface area contributed by atoms with Gasteiger partial charge < -0.3 is 16.2 Å². The number of β-amino-alcohol motifs (C(OH)–C–C–N with tert-alkyl or cyclic N) is 1. The lowest BCUT2D eigenvalue weighted by Gasteiger charge is -2.36. The molecular weight excluding hydrogens is 264 g/mol. The molecule has 2 rings (SSSR count). The van der Waals surface area contributed by atoms with Gasteiger partial charge in [0.1, 0.15) is 0 Å². The molecule has 1 amide bonds. The third-order valence-corrected chi connectivity index (χ3v) is 4.46. The zero-order chi connectivity index (χ0) is 15.1. The smallest absolute Gasteiger partial charge is 0.237 e. The number of carbonyl (C=O) groups excluding carboxylic acids is 1. The fraction of sp³-hybridized carbons (Fsp3) is 0.588. The Labute approximate surface area is 126 Å². The van der Waals surface area contributed by atoms with Crippen molar-refractivity contribution in [2.24, 2.45) is 5.73 Å². The van der Waals surface area contributed by atoms with E-state index in [1.165, 1.54) is 5.56 Å². The quantitative estimate of drug-likeness (QED) is 0.716. The minimum absolute atomic E-state index is 0.280. The van der Waals surface area contributed by atoms with Gasteiger partial charge in [-0.1, -0.05) is 49.6 Å². The van der Waals surface area contributed by atoms with Crippen LogP contribution in [-0.2, 0) is 11.2 Å². The molecule has 0 bridgehead atoms. The Morgan fingerprint density at radius 1 is 1.24 bits per heavy atom. The van der Waals surface area contributed by atoms with Crippen LogP contribution < -0.4 is 11.1 Å². The van der Waals surface area contributed by atoms with Crippen LogP contribution >= 0.6 is 0 Å². The number of nitrogens with one attached hydrogen (secondary N) is 1. The molecule has 1 fully saturated rings. The number of primary amides is 1. The molecule has 4 nitrogen and oxygen atoms in total. The first-order valence-corrected chi connectivity index (χ1v) is 7.89. The lowest BCUT2D eigenvalue weighted by atomic mass is 9.81. The van der Waals surface area contributed by atoms with E-state index >= 15 is 0 Å². The molecule has 4 heteroatoms. The van der Waals surface area contributed by atoms with Gasteiger partial charge in [0.25, 0.3) is 0 Å². The number of aryl methyl sites for hydroxylation is 1. The second-order valence-electron chi connectivity index (χ2n) is 6.07. The summed E-state index contributed by atoms with van der Waals surface area (Å²) in [4.78, 5) is 11.7. The third kappa shape index (κ3) is 4.55. The number of aliphatic hydroxyl groups is 1. The summed E-state index contributed by atoms with van der Waals surface area (Å²) in [6.45, 7) is 0.426. The van der Waals surface area contributed by atoms with Crippen molar-refractivity contribution in [1.29, 1.82) is 0 Å². The van der Waals surface area contributed by atoms with Gasteiger partial charge in [-0.2, -0.15) is 0 Å². The fourth-order valence-corrected chi connectivity index (χ4v) is 3.06. The summed E-state index contributed by atoms with van der Waals surface area (Å²) >= 11 is 0. The summed E-state index contributed by atoms with van der Waals surface area (Å²) < 4.78 is 0. The van der Waals surface area contributed by atoms with Crippen molar-refractivity contribution in [2.45, 2.75) is 56.6 Å². The van der Waals surface area contributed by atoms with Crippen molar-refractivity contribution in [3.8, 4) is 0 Å². The van der Waals surface area contributed by atoms with Gasteiger partial charge in [-0.3, -0.25) is 4.79 Å². The van der Waals surface area contributed by atoms with Crippen molar-refractivity contribution in [3.63, 3.8) is 0 Å². The number of carbonyl (C=O) groups is 1. The number of hydrogen-bond donors (Lipinski definition) is 3. The highest BCUT2D eigenvalue weighted by atomic mass is 16.3. The van der Waals surface area contributed by atoms with E-state index in [1.807, 2.05) is 18.2 Å². The van der Waals surface area contributed by atoms with E-state index in [4.69, 9.17) is 5.73 Å². The Kier molecular flexibility index (Phi) is 5.76. The molecule has 0 saturated heterocycles. The molecule has 4 N–H and O–H groups in total. The molecule has 0 unspecified atom stereocenters. The first-order chi connectivity index (χ1) is 10.1. The van der Waals surface area contributed by atoms with Crippen molar-refractivity contribution >= 4 is 5.91 Å². The van der Waals surface area contributed by atoms with Crippen LogP contribution in [0.15, 0.2) is 30.3 Å². The number of nitrogens with two attached hydrogens (primary N) is 1. The molecule has 1 saturated carbocycles. The maximum atomic E-state index is 11.7. The zero-order valence-corrected chi connectivity index (χ0v) is 12.6. The standard InChI is InChI=1S/C17H26N2O2/c18-16(21)17(11-5-2-6-12-17)19-13-15(20)10-9-14-7-3-1-4-8-14/h1,3-4,7-8,15,19-20H,2,5-6,9-13H2,(H2,18,21)/t15-/m1/s1. The van der Waals surface area contributed by atoms with Crippen LogP contribution in [-0.4, -0.2) is 29.2 Å². The van der Waals surface area contributed by atoms with E-state index in [0.29, 0.717) is 13.0 Å². The van der Waals surface area contributed by atoms with E-state index in [1.54, 1.807) is 0 Å². The van der Waals surface area contributed by atoms with E-state index in [-0.39, 0.29) is 5.91 Å². The highest BCUT2D eigenvalue weighted by Crippen LogP contribution is 2.28. The molecule has 1 atom stereocenters. The SMILES string of the molecule is NC(=O)C1(NC[C@H](O)CCc2ccccc2)CCCCC1. The van der Waals surface area contributed by atoms with Gasteiger partial charge >= 0.3 is 0 Å². The van der Waals surface area contributed by atoms with Gasteiger partial charge in [0.15, 0.2) is 0 Å². The average molecular weight is 290 g/mol. The van der Waals surface area contributed by atoms with Crippen molar-refractivity contribution in [3.05, 3.63) is 35.9 Å². The summed E-state index contributed by atoms with van der Waals surface area (Å²) in [6.07, 6.45) is 5.85. The Morgan fingerprint density at radius 3 is 2.52 bits per heavy atom. The van der Waals surface area contributed by atoms with Crippen molar-refractivity contribution in [2.75, 3.05) is 6.54 Å². The minimum atomic E-state index is -0.605. The van der Waals surface area contributed by atoms with Crippen LogP contribution in [0.1, 0.15) is 44.1 Å². The summed E-state index contributed by atoms with van der Waals surface area (Å²) in [7, 11) is 0. The molecule has 0 spiro atoms. The molecule has 1 aromatic carbocycles. The van der Waals surface area contributed by atoms with Gasteiger partial charge in [0.2, 0.25) is 5.91 Å². The lowest BCUT2D eigenvalue weighted by molar-refractivity contribution is -0.126. The van der Waals surface area contributed by atoms with Crippen LogP contribution in [0.5, 0.6) is 0 Å². The largest absolute Gasteiger partial charge is 0.392 e.